The van der Waals surface area contributed by atoms with Crippen molar-refractivity contribution >= 4 is 18.0 Å². The van der Waals surface area contributed by atoms with Gasteiger partial charge in [0.2, 0.25) is 0 Å². The van der Waals surface area contributed by atoms with Crippen LogP contribution in [0.4, 0.5) is 0 Å². The molecule has 0 atom stereocenters. The number of aliphatic imine (C=N–C) groups is 1. The van der Waals surface area contributed by atoms with Gasteiger partial charge in [-0.2, -0.15) is 5.10 Å². The standard InChI is InChI=1S/C7H6N4O2/c8-7(13)4-1-10-11-3-6(12)9-2-5(4)11/h1-2H,3H2,(H2,8,13). The van der Waals surface area contributed by atoms with Gasteiger partial charge in [0, 0.05) is 0 Å². The lowest BCUT2D eigenvalue weighted by Crippen LogP contribution is -2.20. The van der Waals surface area contributed by atoms with Gasteiger partial charge >= 0.3 is 0 Å². The van der Waals surface area contributed by atoms with Crippen LogP contribution in [0.3, 0.4) is 0 Å². The van der Waals surface area contributed by atoms with Crippen LogP contribution in [-0.4, -0.2) is 27.8 Å². The van der Waals surface area contributed by atoms with E-state index in [-0.39, 0.29) is 18.0 Å². The Morgan fingerprint density at radius 2 is 2.38 bits per heavy atom. The second-order valence-corrected chi connectivity index (χ2v) is 2.62. The number of carbonyl (C=O) groups is 2. The molecule has 0 bridgehead atoms. The minimum absolute atomic E-state index is 0.0686. The highest BCUT2D eigenvalue weighted by atomic mass is 16.2. The van der Waals surface area contributed by atoms with Gasteiger partial charge in [-0.05, 0) is 0 Å². The second kappa shape index (κ2) is 2.51. The van der Waals surface area contributed by atoms with Gasteiger partial charge in [-0.25, -0.2) is 4.99 Å². The predicted molar refractivity (Wildman–Crippen MR) is 43.3 cm³/mol. The molecule has 6 heteroatoms. The highest BCUT2D eigenvalue weighted by Crippen LogP contribution is 2.08. The Morgan fingerprint density at radius 3 is 3.08 bits per heavy atom. The van der Waals surface area contributed by atoms with Crippen molar-refractivity contribution in [2.75, 3.05) is 0 Å². The van der Waals surface area contributed by atoms with Crippen molar-refractivity contribution in [3.05, 3.63) is 17.5 Å². The van der Waals surface area contributed by atoms with Gasteiger partial charge < -0.3 is 5.73 Å². The molecule has 0 unspecified atom stereocenters. The summed E-state index contributed by atoms with van der Waals surface area (Å²) in [7, 11) is 0. The summed E-state index contributed by atoms with van der Waals surface area (Å²) in [6, 6.07) is 0. The zero-order valence-corrected chi connectivity index (χ0v) is 6.60. The number of carbonyl (C=O) groups excluding carboxylic acids is 2. The quantitative estimate of drug-likeness (QED) is 0.594. The Kier molecular flexibility index (Phi) is 1.48. The lowest BCUT2D eigenvalue weighted by molar-refractivity contribution is -0.118. The van der Waals surface area contributed by atoms with E-state index in [4.69, 9.17) is 5.73 Å². The van der Waals surface area contributed by atoms with Gasteiger partial charge in [0.1, 0.15) is 6.54 Å². The van der Waals surface area contributed by atoms with E-state index in [0.29, 0.717) is 5.69 Å². The van der Waals surface area contributed by atoms with Crippen LogP contribution in [0.25, 0.3) is 0 Å². The van der Waals surface area contributed by atoms with E-state index < -0.39 is 5.91 Å². The average molecular weight is 178 g/mol. The van der Waals surface area contributed by atoms with Crippen molar-refractivity contribution in [2.45, 2.75) is 6.54 Å². The Morgan fingerprint density at radius 1 is 1.62 bits per heavy atom. The minimum Gasteiger partial charge on any atom is -0.365 e. The molecule has 13 heavy (non-hydrogen) atoms. The first-order valence-electron chi connectivity index (χ1n) is 3.61. The molecule has 0 aromatic carbocycles. The smallest absolute Gasteiger partial charge is 0.267 e. The molecule has 0 saturated carbocycles. The van der Waals surface area contributed by atoms with Gasteiger partial charge in [-0.1, -0.05) is 0 Å². The van der Waals surface area contributed by atoms with E-state index in [2.05, 4.69) is 10.1 Å². The molecule has 6 nitrogen and oxygen atoms in total. The fourth-order valence-electron chi connectivity index (χ4n) is 1.15. The van der Waals surface area contributed by atoms with Crippen LogP contribution >= 0.6 is 0 Å². The van der Waals surface area contributed by atoms with Crippen LogP contribution in [0.15, 0.2) is 11.2 Å². The van der Waals surface area contributed by atoms with Crippen LogP contribution in [-0.2, 0) is 11.3 Å². The number of amides is 2. The molecule has 2 heterocycles. The molecule has 1 aromatic rings. The van der Waals surface area contributed by atoms with Crippen molar-refractivity contribution in [1.82, 2.24) is 9.78 Å². The van der Waals surface area contributed by atoms with Gasteiger partial charge in [-0.3, -0.25) is 14.3 Å². The summed E-state index contributed by atoms with van der Waals surface area (Å²) in [6.45, 7) is 0.0686. The first-order chi connectivity index (χ1) is 6.18. The Balaban J connectivity index is 2.54. The van der Waals surface area contributed by atoms with E-state index in [1.807, 2.05) is 0 Å². The lowest BCUT2D eigenvalue weighted by atomic mass is 10.2. The molecule has 0 fully saturated rings. The molecular weight excluding hydrogens is 172 g/mol. The average Bonchev–Trinajstić information content (AvgIpc) is 2.46. The first-order valence-corrected chi connectivity index (χ1v) is 3.61. The molecule has 1 aliphatic heterocycles. The normalized spacial score (nSPS) is 14.3. The van der Waals surface area contributed by atoms with E-state index in [9.17, 15) is 9.59 Å². The molecule has 2 N–H and O–H groups in total. The second-order valence-electron chi connectivity index (χ2n) is 2.62. The summed E-state index contributed by atoms with van der Waals surface area (Å²) in [5.74, 6) is -0.853. The van der Waals surface area contributed by atoms with Crippen molar-refractivity contribution in [3.63, 3.8) is 0 Å². The predicted octanol–water partition coefficient (Wildman–Crippen LogP) is -1.06. The fraction of sp³-hybridized carbons (Fsp3) is 0.143. The van der Waals surface area contributed by atoms with E-state index in [0.717, 1.165) is 0 Å². The number of nitrogens with two attached hydrogens (primary N) is 1. The minimum atomic E-state index is -0.568. The molecule has 1 aliphatic rings. The summed E-state index contributed by atoms with van der Waals surface area (Å²) < 4.78 is 1.40. The van der Waals surface area contributed by atoms with Crippen molar-refractivity contribution < 1.29 is 9.59 Å². The van der Waals surface area contributed by atoms with Gasteiger partial charge in [0.05, 0.1) is 23.7 Å². The van der Waals surface area contributed by atoms with Crippen LogP contribution < -0.4 is 5.73 Å². The monoisotopic (exact) mass is 178 g/mol. The molecule has 0 saturated heterocycles. The molecule has 0 spiro atoms. The third kappa shape index (κ3) is 1.12. The van der Waals surface area contributed by atoms with Gasteiger partial charge in [-0.15, -0.1) is 0 Å². The highest BCUT2D eigenvalue weighted by molar-refractivity contribution is 6.03. The third-order valence-electron chi connectivity index (χ3n) is 1.76. The zero-order chi connectivity index (χ0) is 9.42. The molecule has 66 valence electrons. The van der Waals surface area contributed by atoms with Gasteiger partial charge in [0.15, 0.2) is 0 Å². The van der Waals surface area contributed by atoms with Crippen LogP contribution in [0.2, 0.25) is 0 Å². The number of fused-ring (bicyclic) bond motifs is 1. The summed E-state index contributed by atoms with van der Waals surface area (Å²) in [5.41, 5.74) is 5.86. The number of primary amides is 1. The van der Waals surface area contributed by atoms with E-state index >= 15 is 0 Å². The topological polar surface area (TPSA) is 90.3 Å². The number of hydrogen-bond acceptors (Lipinski definition) is 3. The molecule has 0 radical (unpaired) electrons. The van der Waals surface area contributed by atoms with E-state index in [1.54, 1.807) is 0 Å². The first kappa shape index (κ1) is 7.66. The molecular formula is C7H6N4O2. The molecule has 1 aromatic heterocycles. The number of hydrogen-bond donors (Lipinski definition) is 1. The molecule has 2 amide bonds. The molecule has 2 rings (SSSR count). The zero-order valence-electron chi connectivity index (χ0n) is 6.60. The Bertz CT molecular complexity index is 418. The SMILES string of the molecule is NC(=O)c1cnn2c1C=NC(=O)C2. The number of aromatic nitrogens is 2. The number of rotatable bonds is 1. The van der Waals surface area contributed by atoms with Crippen molar-refractivity contribution in [2.24, 2.45) is 10.7 Å². The van der Waals surface area contributed by atoms with Crippen molar-refractivity contribution in [3.8, 4) is 0 Å². The Labute approximate surface area is 73.1 Å². The van der Waals surface area contributed by atoms with E-state index in [1.165, 1.54) is 17.1 Å². The van der Waals surface area contributed by atoms with Crippen molar-refractivity contribution in [1.29, 1.82) is 0 Å². The summed E-state index contributed by atoms with van der Waals surface area (Å²) in [6.07, 6.45) is 2.64. The third-order valence-corrected chi connectivity index (χ3v) is 1.76. The Hall–Kier alpha value is -1.98. The number of nitrogens with zero attached hydrogens (tertiary/aromatic N) is 3. The largest absolute Gasteiger partial charge is 0.365 e. The fourth-order valence-corrected chi connectivity index (χ4v) is 1.15. The summed E-state index contributed by atoms with van der Waals surface area (Å²) in [4.78, 5) is 25.2. The molecule has 0 aliphatic carbocycles. The summed E-state index contributed by atoms with van der Waals surface area (Å²) >= 11 is 0. The van der Waals surface area contributed by atoms with Crippen LogP contribution in [0, 0.1) is 0 Å². The maximum Gasteiger partial charge on any atom is 0.267 e. The van der Waals surface area contributed by atoms with Crippen LogP contribution in [0.5, 0.6) is 0 Å². The maximum absolute atomic E-state index is 10.8. The van der Waals surface area contributed by atoms with Crippen LogP contribution in [0.1, 0.15) is 16.1 Å². The maximum atomic E-state index is 10.8. The van der Waals surface area contributed by atoms with Gasteiger partial charge in [0.25, 0.3) is 11.8 Å². The lowest BCUT2D eigenvalue weighted by Gasteiger charge is -2.05. The highest BCUT2D eigenvalue weighted by Gasteiger charge is 2.18. The summed E-state index contributed by atoms with van der Waals surface area (Å²) in [5, 5.41) is 3.83.